The number of carbonyl (C=O) groups is 1. The van der Waals surface area contributed by atoms with E-state index in [1.807, 2.05) is 0 Å². The van der Waals surface area contributed by atoms with E-state index in [0.29, 0.717) is 11.5 Å². The fourth-order valence-electron chi connectivity index (χ4n) is 3.96. The van der Waals surface area contributed by atoms with E-state index in [9.17, 15) is 4.79 Å². The molecule has 0 radical (unpaired) electrons. The molecule has 25 heavy (non-hydrogen) atoms. The minimum Gasteiger partial charge on any atom is -0.366 e. The molecular formula is C22H22N2O. The summed E-state index contributed by atoms with van der Waals surface area (Å²) in [5.74, 6) is 0.171. The van der Waals surface area contributed by atoms with Crippen LogP contribution in [-0.2, 0) is 4.79 Å². The smallest absolute Gasteiger partial charge is 0.246 e. The van der Waals surface area contributed by atoms with Crippen LogP contribution in [-0.4, -0.2) is 5.91 Å². The van der Waals surface area contributed by atoms with Crippen molar-refractivity contribution in [2.24, 2.45) is 11.7 Å². The molecule has 2 aliphatic carbocycles. The van der Waals surface area contributed by atoms with Gasteiger partial charge in [0.15, 0.2) is 0 Å². The number of rotatable bonds is 3. The summed E-state index contributed by atoms with van der Waals surface area (Å²) >= 11 is 0. The van der Waals surface area contributed by atoms with Gasteiger partial charge in [0.2, 0.25) is 5.91 Å². The average molecular weight is 330 g/mol. The molecule has 0 fully saturated rings. The molecular weight excluding hydrogens is 308 g/mol. The van der Waals surface area contributed by atoms with Crippen LogP contribution < -0.4 is 11.1 Å². The van der Waals surface area contributed by atoms with Crippen LogP contribution in [0.15, 0.2) is 88.8 Å². The Bertz CT molecular complexity index is 869. The largest absolute Gasteiger partial charge is 0.366 e. The van der Waals surface area contributed by atoms with Crippen molar-refractivity contribution in [2.45, 2.75) is 25.7 Å². The van der Waals surface area contributed by atoms with E-state index in [-0.39, 0.29) is 11.8 Å². The van der Waals surface area contributed by atoms with Gasteiger partial charge in [-0.2, -0.15) is 0 Å². The van der Waals surface area contributed by atoms with Gasteiger partial charge in [-0.05, 0) is 48.1 Å². The minimum absolute atomic E-state index is 0.0670. The van der Waals surface area contributed by atoms with Crippen LogP contribution in [0, 0.1) is 5.92 Å². The molecule has 1 aliphatic heterocycles. The Morgan fingerprint density at radius 3 is 2.72 bits per heavy atom. The SMILES string of the molecule is CC1=C(C2=CCC(c3ccccc3)C=C2)CC2C(=C1)NC=C2C(N)=O. The number of hydrogen-bond acceptors (Lipinski definition) is 2. The summed E-state index contributed by atoms with van der Waals surface area (Å²) in [4.78, 5) is 11.7. The highest BCUT2D eigenvalue weighted by Crippen LogP contribution is 2.40. The topological polar surface area (TPSA) is 55.1 Å². The molecule has 3 nitrogen and oxygen atoms in total. The molecule has 1 aromatic rings. The third-order valence-electron chi connectivity index (χ3n) is 5.36. The summed E-state index contributed by atoms with van der Waals surface area (Å²) in [7, 11) is 0. The molecule has 1 heterocycles. The predicted octanol–water partition coefficient (Wildman–Crippen LogP) is 3.85. The molecule has 0 spiro atoms. The van der Waals surface area contributed by atoms with Gasteiger partial charge in [-0.15, -0.1) is 0 Å². The highest BCUT2D eigenvalue weighted by Gasteiger charge is 2.32. The molecule has 0 saturated heterocycles. The number of carbonyl (C=O) groups excluding carboxylic acids is 1. The van der Waals surface area contributed by atoms with E-state index in [0.717, 1.165) is 18.5 Å². The zero-order valence-corrected chi connectivity index (χ0v) is 14.3. The molecule has 0 aromatic heterocycles. The van der Waals surface area contributed by atoms with Gasteiger partial charge in [-0.3, -0.25) is 4.79 Å². The van der Waals surface area contributed by atoms with Crippen LogP contribution in [0.5, 0.6) is 0 Å². The molecule has 0 bridgehead atoms. The van der Waals surface area contributed by atoms with Crippen LogP contribution in [0.1, 0.15) is 31.2 Å². The first-order valence-corrected chi connectivity index (χ1v) is 8.75. The molecule has 0 saturated carbocycles. The lowest BCUT2D eigenvalue weighted by Crippen LogP contribution is -2.22. The third-order valence-corrected chi connectivity index (χ3v) is 5.36. The maximum atomic E-state index is 11.7. The molecule has 3 aliphatic rings. The molecule has 3 heteroatoms. The number of amides is 1. The third kappa shape index (κ3) is 2.86. The van der Waals surface area contributed by atoms with Crippen LogP contribution in [0.25, 0.3) is 0 Å². The van der Waals surface area contributed by atoms with Crippen LogP contribution in [0.3, 0.4) is 0 Å². The zero-order chi connectivity index (χ0) is 17.4. The molecule has 1 aromatic carbocycles. The Kier molecular flexibility index (Phi) is 3.92. The van der Waals surface area contributed by atoms with Gasteiger partial charge in [-0.1, -0.05) is 48.6 Å². The van der Waals surface area contributed by atoms with Crippen molar-refractivity contribution >= 4 is 5.91 Å². The summed E-state index contributed by atoms with van der Waals surface area (Å²) in [6, 6.07) is 10.6. The Labute approximate surface area is 148 Å². The van der Waals surface area contributed by atoms with E-state index >= 15 is 0 Å². The Morgan fingerprint density at radius 1 is 1.24 bits per heavy atom. The Morgan fingerprint density at radius 2 is 2.04 bits per heavy atom. The van der Waals surface area contributed by atoms with E-state index in [1.165, 1.54) is 22.3 Å². The van der Waals surface area contributed by atoms with Crippen molar-refractivity contribution in [3.05, 3.63) is 94.4 Å². The number of nitrogens with two attached hydrogens (primary N) is 1. The first-order chi connectivity index (χ1) is 12.1. The quantitative estimate of drug-likeness (QED) is 0.884. The van der Waals surface area contributed by atoms with Crippen molar-refractivity contribution in [1.29, 1.82) is 0 Å². The number of primary amides is 1. The summed E-state index contributed by atoms with van der Waals surface area (Å²) < 4.78 is 0. The molecule has 4 rings (SSSR count). The number of fused-ring (bicyclic) bond motifs is 1. The molecule has 2 atom stereocenters. The summed E-state index contributed by atoms with van der Waals surface area (Å²) in [6.07, 6.45) is 12.6. The number of allylic oxidation sites excluding steroid dienone is 8. The lowest BCUT2D eigenvalue weighted by Gasteiger charge is -2.26. The van der Waals surface area contributed by atoms with Gasteiger partial charge in [0, 0.05) is 29.3 Å². The molecule has 126 valence electrons. The normalized spacial score (nSPS) is 24.9. The molecule has 3 N–H and O–H groups in total. The minimum atomic E-state index is -0.336. The van der Waals surface area contributed by atoms with E-state index in [1.54, 1.807) is 6.20 Å². The Balaban J connectivity index is 1.56. The van der Waals surface area contributed by atoms with E-state index in [4.69, 9.17) is 5.73 Å². The summed E-state index contributed by atoms with van der Waals surface area (Å²) in [5.41, 5.74) is 12.5. The van der Waals surface area contributed by atoms with Crippen molar-refractivity contribution in [3.63, 3.8) is 0 Å². The van der Waals surface area contributed by atoms with E-state index < -0.39 is 0 Å². The average Bonchev–Trinajstić information content (AvgIpc) is 3.05. The molecule has 2 unspecified atom stereocenters. The van der Waals surface area contributed by atoms with Crippen molar-refractivity contribution in [2.75, 3.05) is 0 Å². The van der Waals surface area contributed by atoms with Gasteiger partial charge in [0.1, 0.15) is 0 Å². The van der Waals surface area contributed by atoms with Gasteiger partial charge in [0.25, 0.3) is 0 Å². The number of hydrogen-bond donors (Lipinski definition) is 2. The summed E-state index contributed by atoms with van der Waals surface area (Å²) in [5, 5.41) is 3.20. The monoisotopic (exact) mass is 330 g/mol. The second-order valence-corrected chi connectivity index (χ2v) is 6.90. The van der Waals surface area contributed by atoms with E-state index in [2.05, 4.69) is 66.9 Å². The highest BCUT2D eigenvalue weighted by atomic mass is 16.1. The Hall–Kier alpha value is -2.81. The van der Waals surface area contributed by atoms with Gasteiger partial charge in [-0.25, -0.2) is 0 Å². The first kappa shape index (κ1) is 15.7. The number of nitrogens with one attached hydrogen (secondary N) is 1. The van der Waals surface area contributed by atoms with Gasteiger partial charge < -0.3 is 11.1 Å². The van der Waals surface area contributed by atoms with Gasteiger partial charge in [0.05, 0.1) is 0 Å². The maximum absolute atomic E-state index is 11.7. The van der Waals surface area contributed by atoms with Crippen molar-refractivity contribution in [3.8, 4) is 0 Å². The van der Waals surface area contributed by atoms with Crippen LogP contribution in [0.4, 0.5) is 0 Å². The van der Waals surface area contributed by atoms with Crippen molar-refractivity contribution in [1.82, 2.24) is 5.32 Å². The summed E-state index contributed by atoms with van der Waals surface area (Å²) in [6.45, 7) is 2.14. The number of benzene rings is 1. The lowest BCUT2D eigenvalue weighted by molar-refractivity contribution is -0.114. The maximum Gasteiger partial charge on any atom is 0.246 e. The second kappa shape index (κ2) is 6.25. The fourth-order valence-corrected chi connectivity index (χ4v) is 3.96. The first-order valence-electron chi connectivity index (χ1n) is 8.75. The predicted molar refractivity (Wildman–Crippen MR) is 100 cm³/mol. The lowest BCUT2D eigenvalue weighted by atomic mass is 9.79. The molecule has 1 amide bonds. The highest BCUT2D eigenvalue weighted by molar-refractivity contribution is 5.94. The second-order valence-electron chi connectivity index (χ2n) is 6.90. The van der Waals surface area contributed by atoms with Gasteiger partial charge >= 0.3 is 0 Å². The zero-order valence-electron chi connectivity index (χ0n) is 14.3. The fraction of sp³-hybridized carbons (Fsp3) is 0.227. The van der Waals surface area contributed by atoms with Crippen LogP contribution in [0.2, 0.25) is 0 Å². The standard InChI is InChI=1S/C22H22N2O/c1-14-11-21-19(20(13-24-21)22(23)25)12-18(14)17-9-7-16(8-10-17)15-5-3-2-4-6-15/h2-7,9-11,13,16,19,24H,8,12H2,1H3,(H2,23,25). The van der Waals surface area contributed by atoms with Crippen molar-refractivity contribution < 1.29 is 4.79 Å². The van der Waals surface area contributed by atoms with Crippen LogP contribution >= 0.6 is 0 Å².